The number of halogens is 3. The largest absolute Gasteiger partial charge is 0.463 e. The van der Waals surface area contributed by atoms with E-state index in [2.05, 4.69) is 4.72 Å². The first-order chi connectivity index (χ1) is 14.1. The molecule has 0 spiro atoms. The van der Waals surface area contributed by atoms with Crippen molar-refractivity contribution in [1.82, 2.24) is 4.72 Å². The molecule has 2 aromatic rings. The van der Waals surface area contributed by atoms with E-state index in [1.54, 1.807) is 19.1 Å². The number of alkyl halides is 3. The van der Waals surface area contributed by atoms with Gasteiger partial charge in [0.05, 0.1) is 17.1 Å². The molecule has 2 aromatic carbocycles. The van der Waals surface area contributed by atoms with Crippen molar-refractivity contribution in [2.24, 2.45) is 0 Å². The van der Waals surface area contributed by atoms with Gasteiger partial charge in [-0.1, -0.05) is 30.3 Å². The van der Waals surface area contributed by atoms with Crippen LogP contribution in [0.25, 0.3) is 6.08 Å². The molecule has 9 heteroatoms. The van der Waals surface area contributed by atoms with Gasteiger partial charge in [-0.25, -0.2) is 17.9 Å². The van der Waals surface area contributed by atoms with Gasteiger partial charge >= 0.3 is 12.1 Å². The molecule has 1 atom stereocenters. The van der Waals surface area contributed by atoms with Crippen LogP contribution in [0.1, 0.15) is 29.2 Å². The number of ether oxygens (including phenoxy) is 1. The summed E-state index contributed by atoms with van der Waals surface area (Å²) >= 11 is 0. The molecule has 1 unspecified atom stereocenters. The van der Waals surface area contributed by atoms with Crippen LogP contribution in [-0.2, 0) is 38.6 Å². The minimum atomic E-state index is -4.77. The van der Waals surface area contributed by atoms with E-state index in [0.29, 0.717) is 12.8 Å². The molecule has 0 saturated carbocycles. The van der Waals surface area contributed by atoms with Crippen LogP contribution in [0.3, 0.4) is 0 Å². The summed E-state index contributed by atoms with van der Waals surface area (Å²) in [5.41, 5.74) is 1.32. The van der Waals surface area contributed by atoms with Gasteiger partial charge in [-0.15, -0.1) is 0 Å². The van der Waals surface area contributed by atoms with Crippen LogP contribution in [0.2, 0.25) is 0 Å². The van der Waals surface area contributed by atoms with Crippen LogP contribution in [0.4, 0.5) is 13.2 Å². The highest BCUT2D eigenvalue weighted by atomic mass is 32.2. The Kier molecular flexibility index (Phi) is 6.33. The molecule has 160 valence electrons. The zero-order valence-electron chi connectivity index (χ0n) is 16.1. The van der Waals surface area contributed by atoms with Crippen LogP contribution in [0.15, 0.2) is 53.4 Å². The van der Waals surface area contributed by atoms with Crippen LogP contribution < -0.4 is 4.72 Å². The van der Waals surface area contributed by atoms with E-state index in [-0.39, 0.29) is 6.61 Å². The van der Waals surface area contributed by atoms with Crippen molar-refractivity contribution in [3.05, 3.63) is 70.8 Å². The maximum atomic E-state index is 13.2. The topological polar surface area (TPSA) is 72.5 Å². The predicted molar refractivity (Wildman–Crippen MR) is 105 cm³/mol. The van der Waals surface area contributed by atoms with E-state index in [1.807, 2.05) is 12.1 Å². The Labute approximate surface area is 172 Å². The molecule has 0 radical (unpaired) electrons. The standard InChI is InChI=1S/C21H20F3NO4S/c1-2-29-20(26)10-8-14-7-9-15-12-17(13-16(15)11-14)25-30(27,28)19-6-4-3-5-18(19)21(22,23)24/h3-11,17,25H,2,12-13H2,1H3. The highest BCUT2D eigenvalue weighted by molar-refractivity contribution is 7.89. The number of benzene rings is 2. The number of carbonyl (C=O) groups is 1. The highest BCUT2D eigenvalue weighted by Gasteiger charge is 2.38. The second-order valence-electron chi connectivity index (χ2n) is 6.83. The van der Waals surface area contributed by atoms with Gasteiger partial charge in [-0.3, -0.25) is 0 Å². The van der Waals surface area contributed by atoms with Gasteiger partial charge < -0.3 is 4.74 Å². The van der Waals surface area contributed by atoms with Crippen molar-refractivity contribution >= 4 is 22.1 Å². The van der Waals surface area contributed by atoms with Gasteiger partial charge in [0, 0.05) is 12.1 Å². The SMILES string of the molecule is CCOC(=O)C=Cc1ccc2c(c1)CC(NS(=O)(=O)c1ccccc1C(F)(F)F)C2. The van der Waals surface area contributed by atoms with Gasteiger partial charge in [0.15, 0.2) is 0 Å². The molecule has 3 rings (SSSR count). The number of rotatable bonds is 6. The van der Waals surface area contributed by atoms with E-state index in [1.165, 1.54) is 12.1 Å². The van der Waals surface area contributed by atoms with E-state index in [4.69, 9.17) is 4.74 Å². The third-order valence-electron chi connectivity index (χ3n) is 4.67. The van der Waals surface area contributed by atoms with Crippen molar-refractivity contribution in [2.45, 2.75) is 36.9 Å². The van der Waals surface area contributed by atoms with Crippen molar-refractivity contribution < 1.29 is 31.1 Å². The van der Waals surface area contributed by atoms with Crippen molar-refractivity contribution in [2.75, 3.05) is 6.61 Å². The lowest BCUT2D eigenvalue weighted by molar-refractivity contribution is -0.140. The number of carbonyl (C=O) groups excluding carboxylic acids is 1. The fraction of sp³-hybridized carbons (Fsp3) is 0.286. The summed E-state index contributed by atoms with van der Waals surface area (Å²) in [6.45, 7) is 1.97. The minimum absolute atomic E-state index is 0.270. The van der Waals surface area contributed by atoms with Crippen molar-refractivity contribution in [3.8, 4) is 0 Å². The number of sulfonamides is 1. The third kappa shape index (κ3) is 5.09. The molecule has 0 aromatic heterocycles. The number of fused-ring (bicyclic) bond motifs is 1. The average molecular weight is 439 g/mol. The lowest BCUT2D eigenvalue weighted by Crippen LogP contribution is -2.36. The maximum Gasteiger partial charge on any atom is 0.417 e. The van der Waals surface area contributed by atoms with Gasteiger partial charge in [-0.2, -0.15) is 13.2 Å². The summed E-state index contributed by atoms with van der Waals surface area (Å²) in [5.74, 6) is -0.466. The first kappa shape index (κ1) is 22.0. The highest BCUT2D eigenvalue weighted by Crippen LogP contribution is 2.34. The van der Waals surface area contributed by atoms with Crippen LogP contribution in [0, 0.1) is 0 Å². The Bertz CT molecular complexity index is 1080. The normalized spacial score (nSPS) is 16.6. The third-order valence-corrected chi connectivity index (χ3v) is 6.24. The van der Waals surface area contributed by atoms with Gasteiger partial charge in [0.2, 0.25) is 10.0 Å². The number of nitrogens with one attached hydrogen (secondary N) is 1. The molecule has 0 fully saturated rings. The summed E-state index contributed by atoms with van der Waals surface area (Å²) < 4.78 is 72.1. The molecular formula is C21H20F3NO4S. The van der Waals surface area contributed by atoms with E-state index < -0.39 is 38.7 Å². The lowest BCUT2D eigenvalue weighted by atomic mass is 10.1. The van der Waals surface area contributed by atoms with Gasteiger partial charge in [0.25, 0.3) is 0 Å². The lowest BCUT2D eigenvalue weighted by Gasteiger charge is -2.16. The molecule has 1 N–H and O–H groups in total. The second-order valence-corrected chi connectivity index (χ2v) is 8.52. The summed E-state index contributed by atoms with van der Waals surface area (Å²) in [6, 6.07) is 8.97. The van der Waals surface area contributed by atoms with Gasteiger partial charge in [-0.05, 0) is 54.7 Å². The number of hydrogen-bond donors (Lipinski definition) is 1. The van der Waals surface area contributed by atoms with Crippen molar-refractivity contribution in [3.63, 3.8) is 0 Å². The van der Waals surface area contributed by atoms with E-state index in [0.717, 1.165) is 34.9 Å². The maximum absolute atomic E-state index is 13.2. The molecule has 0 bridgehead atoms. The van der Waals surface area contributed by atoms with Crippen LogP contribution >= 0.6 is 0 Å². The van der Waals surface area contributed by atoms with Crippen molar-refractivity contribution in [1.29, 1.82) is 0 Å². The Morgan fingerprint density at radius 3 is 2.57 bits per heavy atom. The molecule has 5 nitrogen and oxygen atoms in total. The number of esters is 1. The summed E-state index contributed by atoms with van der Waals surface area (Å²) in [5, 5.41) is 0. The fourth-order valence-corrected chi connectivity index (χ4v) is 4.86. The van der Waals surface area contributed by atoms with Crippen LogP contribution in [0.5, 0.6) is 0 Å². The molecule has 1 aliphatic rings. The molecule has 0 heterocycles. The molecule has 0 saturated heterocycles. The van der Waals surface area contributed by atoms with E-state index in [9.17, 15) is 26.4 Å². The Morgan fingerprint density at radius 1 is 1.17 bits per heavy atom. The quantitative estimate of drug-likeness (QED) is 0.550. The molecule has 0 amide bonds. The molecule has 1 aliphatic carbocycles. The summed E-state index contributed by atoms with van der Waals surface area (Å²) in [6.07, 6.45) is -1.18. The summed E-state index contributed by atoms with van der Waals surface area (Å²) in [7, 11) is -4.36. The Morgan fingerprint density at radius 2 is 1.87 bits per heavy atom. The first-order valence-electron chi connectivity index (χ1n) is 9.25. The summed E-state index contributed by atoms with van der Waals surface area (Å²) in [4.78, 5) is 10.6. The monoisotopic (exact) mass is 439 g/mol. The Hall–Kier alpha value is -2.65. The molecular weight excluding hydrogens is 419 g/mol. The van der Waals surface area contributed by atoms with Gasteiger partial charge in [0.1, 0.15) is 0 Å². The van der Waals surface area contributed by atoms with E-state index >= 15 is 0 Å². The molecule has 0 aliphatic heterocycles. The zero-order chi connectivity index (χ0) is 21.9. The minimum Gasteiger partial charge on any atom is -0.463 e. The molecule has 30 heavy (non-hydrogen) atoms. The average Bonchev–Trinajstić information content (AvgIpc) is 3.06. The van der Waals surface area contributed by atoms with Crippen LogP contribution in [-0.4, -0.2) is 27.0 Å². The second kappa shape index (κ2) is 8.61. The fourth-order valence-electron chi connectivity index (χ4n) is 3.40. The Balaban J connectivity index is 1.75. The number of hydrogen-bond acceptors (Lipinski definition) is 4. The smallest absolute Gasteiger partial charge is 0.417 e. The first-order valence-corrected chi connectivity index (χ1v) is 10.7. The zero-order valence-corrected chi connectivity index (χ0v) is 16.9. The predicted octanol–water partition coefficient (Wildman–Crippen LogP) is 3.73.